The van der Waals surface area contributed by atoms with Crippen molar-refractivity contribution in [1.29, 1.82) is 0 Å². The Morgan fingerprint density at radius 3 is 2.53 bits per heavy atom. The molecular weight excluding hydrogens is 244 g/mol. The molecule has 0 bridgehead atoms. The fourth-order valence-electron chi connectivity index (χ4n) is 1.63. The van der Waals surface area contributed by atoms with Gasteiger partial charge >= 0.3 is 0 Å². The highest BCUT2D eigenvalue weighted by molar-refractivity contribution is 5.79. The number of amides is 1. The van der Waals surface area contributed by atoms with E-state index in [1.54, 1.807) is 14.2 Å². The number of carbonyl (C=O) groups excluding carboxylic acids is 1. The number of aliphatic imine (C=N–C) groups is 1. The van der Waals surface area contributed by atoms with Gasteiger partial charge in [-0.25, -0.2) is 0 Å². The fourth-order valence-corrected chi connectivity index (χ4v) is 1.63. The van der Waals surface area contributed by atoms with Crippen molar-refractivity contribution in [1.82, 2.24) is 16.0 Å². The molecule has 0 atom stereocenters. The monoisotopic (exact) mass is 270 g/mol. The summed E-state index contributed by atoms with van der Waals surface area (Å²) in [5.41, 5.74) is 0. The van der Waals surface area contributed by atoms with Crippen LogP contribution < -0.4 is 16.0 Å². The lowest BCUT2D eigenvalue weighted by Crippen LogP contribution is -2.38. The minimum absolute atomic E-state index is 0.160. The number of hydrogen-bond acceptors (Lipinski definition) is 3. The highest BCUT2D eigenvalue weighted by Crippen LogP contribution is 2.18. The average Bonchev–Trinajstić information content (AvgIpc) is 3.20. The van der Waals surface area contributed by atoms with Crippen molar-refractivity contribution in [3.05, 3.63) is 0 Å². The van der Waals surface area contributed by atoms with Crippen molar-refractivity contribution in [2.24, 2.45) is 4.99 Å². The number of hydrogen-bond donors (Lipinski definition) is 3. The Bertz CT molecular complexity index is 290. The van der Waals surface area contributed by atoms with Crippen molar-refractivity contribution >= 4 is 11.9 Å². The molecule has 0 unspecified atom stereocenters. The van der Waals surface area contributed by atoms with Crippen LogP contribution >= 0.6 is 0 Å². The summed E-state index contributed by atoms with van der Waals surface area (Å²) in [6.45, 7) is 2.32. The largest absolute Gasteiger partial charge is 0.385 e. The number of ether oxygens (including phenoxy) is 1. The minimum Gasteiger partial charge on any atom is -0.385 e. The van der Waals surface area contributed by atoms with E-state index < -0.39 is 0 Å². The molecule has 6 heteroatoms. The van der Waals surface area contributed by atoms with Crippen molar-refractivity contribution in [3.8, 4) is 0 Å². The molecule has 1 aliphatic carbocycles. The standard InChI is InChI=1S/C13H26N4O2/c1-14-13(16-9-4-10-19-2)15-8-3-5-12(18)17-11-6-7-11/h11H,3-10H2,1-2H3,(H,17,18)(H2,14,15,16). The third kappa shape index (κ3) is 8.42. The predicted molar refractivity (Wildman–Crippen MR) is 76.3 cm³/mol. The molecule has 0 aromatic carbocycles. The summed E-state index contributed by atoms with van der Waals surface area (Å²) in [7, 11) is 3.44. The summed E-state index contributed by atoms with van der Waals surface area (Å²) < 4.78 is 4.97. The lowest BCUT2D eigenvalue weighted by Gasteiger charge is -2.11. The highest BCUT2D eigenvalue weighted by Gasteiger charge is 2.22. The molecule has 1 aliphatic rings. The zero-order valence-electron chi connectivity index (χ0n) is 12.0. The van der Waals surface area contributed by atoms with Crippen LogP contribution in [-0.2, 0) is 9.53 Å². The van der Waals surface area contributed by atoms with Crippen LogP contribution in [0.5, 0.6) is 0 Å². The molecule has 1 saturated carbocycles. The van der Waals surface area contributed by atoms with Gasteiger partial charge in [0, 0.05) is 46.3 Å². The van der Waals surface area contributed by atoms with E-state index in [9.17, 15) is 4.79 Å². The molecule has 0 aliphatic heterocycles. The number of carbonyl (C=O) groups is 1. The molecule has 19 heavy (non-hydrogen) atoms. The third-order valence-corrected chi connectivity index (χ3v) is 2.86. The predicted octanol–water partition coefficient (Wildman–Crippen LogP) is 0.247. The van der Waals surface area contributed by atoms with Crippen LogP contribution in [0.25, 0.3) is 0 Å². The van der Waals surface area contributed by atoms with E-state index in [0.717, 1.165) is 51.3 Å². The Morgan fingerprint density at radius 2 is 1.95 bits per heavy atom. The van der Waals surface area contributed by atoms with Gasteiger partial charge in [0.15, 0.2) is 5.96 Å². The van der Waals surface area contributed by atoms with Crippen LogP contribution in [0.4, 0.5) is 0 Å². The normalized spacial score (nSPS) is 15.2. The number of rotatable bonds is 9. The summed E-state index contributed by atoms with van der Waals surface area (Å²) in [6.07, 6.45) is 4.62. The van der Waals surface area contributed by atoms with Crippen molar-refractivity contribution in [2.75, 3.05) is 33.9 Å². The Balaban J connectivity index is 1.97. The molecule has 0 heterocycles. The van der Waals surface area contributed by atoms with E-state index >= 15 is 0 Å². The molecule has 6 nitrogen and oxygen atoms in total. The van der Waals surface area contributed by atoms with Gasteiger partial charge in [-0.3, -0.25) is 9.79 Å². The minimum atomic E-state index is 0.160. The van der Waals surface area contributed by atoms with Gasteiger partial charge in [0.05, 0.1) is 0 Å². The molecule has 0 radical (unpaired) electrons. The second-order valence-corrected chi connectivity index (χ2v) is 4.72. The number of methoxy groups -OCH3 is 1. The Hall–Kier alpha value is -1.30. The van der Waals surface area contributed by atoms with E-state index in [1.807, 2.05) is 0 Å². The summed E-state index contributed by atoms with van der Waals surface area (Å²) in [5, 5.41) is 9.36. The van der Waals surface area contributed by atoms with E-state index in [0.29, 0.717) is 12.5 Å². The summed E-state index contributed by atoms with van der Waals surface area (Å²) in [4.78, 5) is 15.6. The fraction of sp³-hybridized carbons (Fsp3) is 0.846. The van der Waals surface area contributed by atoms with Crippen molar-refractivity contribution in [3.63, 3.8) is 0 Å². The van der Waals surface area contributed by atoms with Crippen LogP contribution in [0.15, 0.2) is 4.99 Å². The molecule has 0 aromatic heterocycles. The molecule has 0 spiro atoms. The van der Waals surface area contributed by atoms with Gasteiger partial charge in [-0.2, -0.15) is 0 Å². The number of guanidine groups is 1. The maximum absolute atomic E-state index is 11.5. The maximum atomic E-state index is 11.5. The second-order valence-electron chi connectivity index (χ2n) is 4.72. The summed E-state index contributed by atoms with van der Waals surface area (Å²) >= 11 is 0. The summed E-state index contributed by atoms with van der Waals surface area (Å²) in [6, 6.07) is 0.454. The van der Waals surface area contributed by atoms with Crippen LogP contribution in [0.2, 0.25) is 0 Å². The first-order valence-electron chi connectivity index (χ1n) is 6.99. The molecule has 0 aromatic rings. The van der Waals surface area contributed by atoms with Crippen LogP contribution in [-0.4, -0.2) is 51.8 Å². The van der Waals surface area contributed by atoms with Gasteiger partial charge in [0.2, 0.25) is 5.91 Å². The van der Waals surface area contributed by atoms with Gasteiger partial charge in [0.1, 0.15) is 0 Å². The van der Waals surface area contributed by atoms with Gasteiger partial charge in [-0.05, 0) is 25.7 Å². The Morgan fingerprint density at radius 1 is 1.26 bits per heavy atom. The van der Waals surface area contributed by atoms with E-state index in [-0.39, 0.29) is 5.91 Å². The first kappa shape index (κ1) is 15.8. The van der Waals surface area contributed by atoms with Crippen LogP contribution in [0.1, 0.15) is 32.1 Å². The molecular formula is C13H26N4O2. The van der Waals surface area contributed by atoms with Crippen molar-refractivity contribution in [2.45, 2.75) is 38.1 Å². The van der Waals surface area contributed by atoms with Crippen LogP contribution in [0, 0.1) is 0 Å². The SMILES string of the molecule is CN=C(NCCCOC)NCCCC(=O)NC1CC1. The van der Waals surface area contributed by atoms with Gasteiger partial charge in [-0.1, -0.05) is 0 Å². The maximum Gasteiger partial charge on any atom is 0.220 e. The van der Waals surface area contributed by atoms with Gasteiger partial charge in [0.25, 0.3) is 0 Å². The Kier molecular flexibility index (Phi) is 7.97. The zero-order chi connectivity index (χ0) is 13.9. The summed E-state index contributed by atoms with van der Waals surface area (Å²) in [5.74, 6) is 0.936. The zero-order valence-corrected chi connectivity index (χ0v) is 12.0. The first-order chi connectivity index (χ1) is 9.26. The molecule has 110 valence electrons. The first-order valence-corrected chi connectivity index (χ1v) is 6.99. The molecule has 1 rings (SSSR count). The smallest absolute Gasteiger partial charge is 0.220 e. The average molecular weight is 270 g/mol. The topological polar surface area (TPSA) is 74.8 Å². The van der Waals surface area contributed by atoms with Crippen LogP contribution in [0.3, 0.4) is 0 Å². The van der Waals surface area contributed by atoms with Crippen molar-refractivity contribution < 1.29 is 9.53 Å². The molecule has 1 amide bonds. The van der Waals surface area contributed by atoms with Gasteiger partial charge < -0.3 is 20.7 Å². The Labute approximate surface area is 115 Å². The lowest BCUT2D eigenvalue weighted by atomic mass is 10.3. The van der Waals surface area contributed by atoms with E-state index in [2.05, 4.69) is 20.9 Å². The highest BCUT2D eigenvalue weighted by atomic mass is 16.5. The van der Waals surface area contributed by atoms with Gasteiger partial charge in [-0.15, -0.1) is 0 Å². The van der Waals surface area contributed by atoms with E-state index in [1.165, 1.54) is 0 Å². The lowest BCUT2D eigenvalue weighted by molar-refractivity contribution is -0.121. The quantitative estimate of drug-likeness (QED) is 0.319. The number of nitrogens with zero attached hydrogens (tertiary/aromatic N) is 1. The molecule has 0 saturated heterocycles. The molecule has 3 N–H and O–H groups in total. The molecule has 1 fully saturated rings. The second kappa shape index (κ2) is 9.61. The van der Waals surface area contributed by atoms with E-state index in [4.69, 9.17) is 4.74 Å². The third-order valence-electron chi connectivity index (χ3n) is 2.86. The number of nitrogens with one attached hydrogen (secondary N) is 3.